The molecule has 1 atom stereocenters. The van der Waals surface area contributed by atoms with E-state index in [1.165, 1.54) is 0 Å². The maximum atomic E-state index is 13.9. The van der Waals surface area contributed by atoms with Gasteiger partial charge in [0.2, 0.25) is 0 Å². The maximum Gasteiger partial charge on any atom is 0.275 e. The molecule has 0 bridgehead atoms. The number of aromatic nitrogens is 2. The van der Waals surface area contributed by atoms with Crippen LogP contribution in [0.3, 0.4) is 0 Å². The van der Waals surface area contributed by atoms with Gasteiger partial charge in [-0.3, -0.25) is 4.79 Å². The zero-order chi connectivity index (χ0) is 25.6. The van der Waals surface area contributed by atoms with Crippen molar-refractivity contribution in [3.05, 3.63) is 34.4 Å². The van der Waals surface area contributed by atoms with Crippen LogP contribution in [0.5, 0.6) is 11.5 Å². The summed E-state index contributed by atoms with van der Waals surface area (Å²) in [6, 6.07) is 3.78. The lowest BCUT2D eigenvalue weighted by Crippen LogP contribution is -2.55. The molecule has 3 aliphatic rings. The van der Waals surface area contributed by atoms with Crippen molar-refractivity contribution in [3.8, 4) is 22.8 Å². The second-order valence-corrected chi connectivity index (χ2v) is 10.2. The molecule has 4 heterocycles. The first kappa shape index (κ1) is 24.5. The van der Waals surface area contributed by atoms with E-state index in [0.717, 1.165) is 22.5 Å². The Labute approximate surface area is 214 Å². The van der Waals surface area contributed by atoms with Gasteiger partial charge >= 0.3 is 0 Å². The van der Waals surface area contributed by atoms with Gasteiger partial charge in [-0.05, 0) is 45.4 Å². The summed E-state index contributed by atoms with van der Waals surface area (Å²) >= 11 is 1.58. The molecule has 3 aliphatic heterocycles. The third-order valence-corrected chi connectivity index (χ3v) is 7.07. The normalized spacial score (nSPS) is 20.5. The van der Waals surface area contributed by atoms with Crippen molar-refractivity contribution in [2.45, 2.75) is 46.0 Å². The van der Waals surface area contributed by atoms with Crippen LogP contribution in [0, 0.1) is 0 Å². The molecule has 1 unspecified atom stereocenters. The van der Waals surface area contributed by atoms with E-state index < -0.39 is 5.54 Å². The number of methoxy groups -OCH3 is 1. The zero-order valence-corrected chi connectivity index (χ0v) is 22.2. The van der Waals surface area contributed by atoms with Gasteiger partial charge in [-0.25, -0.2) is 9.67 Å². The molecule has 0 saturated carbocycles. The molecule has 1 amide bonds. The average molecular weight is 511 g/mol. The van der Waals surface area contributed by atoms with E-state index in [1.807, 2.05) is 61.1 Å². The number of hydrogen-bond acceptors (Lipinski definition) is 9. The highest BCUT2D eigenvalue weighted by Crippen LogP contribution is 2.44. The van der Waals surface area contributed by atoms with Crippen molar-refractivity contribution >= 4 is 29.2 Å². The first-order chi connectivity index (χ1) is 17.2. The predicted octanol–water partition coefficient (Wildman–Crippen LogP) is 4.44. The number of morpholine rings is 1. The maximum absolute atomic E-state index is 13.9. The van der Waals surface area contributed by atoms with Crippen molar-refractivity contribution in [2.24, 2.45) is 15.2 Å². The number of amidine groups is 1. The standard InChI is InChI=1S/C25H30N6O4S/c1-14(12-36-6)31-22-16-9-17(23-26-15(2)27-28-23)19(33-5)10-20(16)35-11-18(22)21(29-31)24(32)30-7-8-34-13-25(30,3)4/h9-10,12,15H,7-8,11,13H2,1-6H3/b14-12+. The Morgan fingerprint density at radius 2 is 2.11 bits per heavy atom. The van der Waals surface area contributed by atoms with Crippen LogP contribution in [0.2, 0.25) is 0 Å². The largest absolute Gasteiger partial charge is 0.496 e. The van der Waals surface area contributed by atoms with Gasteiger partial charge in [0.15, 0.2) is 17.7 Å². The summed E-state index contributed by atoms with van der Waals surface area (Å²) in [6.45, 7) is 9.58. The average Bonchev–Trinajstić information content (AvgIpc) is 3.46. The van der Waals surface area contributed by atoms with Gasteiger partial charge < -0.3 is 19.1 Å². The Bertz CT molecular complexity index is 1310. The fraction of sp³-hybridized carbons (Fsp3) is 0.480. The van der Waals surface area contributed by atoms with E-state index >= 15 is 0 Å². The van der Waals surface area contributed by atoms with Crippen LogP contribution in [0.15, 0.2) is 32.8 Å². The number of azo groups is 1. The lowest BCUT2D eigenvalue weighted by molar-refractivity contribution is -0.0374. The molecule has 36 heavy (non-hydrogen) atoms. The van der Waals surface area contributed by atoms with E-state index in [0.29, 0.717) is 48.4 Å². The minimum Gasteiger partial charge on any atom is -0.496 e. The summed E-state index contributed by atoms with van der Waals surface area (Å²) in [6.07, 6.45) is 1.75. The Balaban J connectivity index is 1.70. The molecule has 190 valence electrons. The van der Waals surface area contributed by atoms with Crippen molar-refractivity contribution in [1.29, 1.82) is 0 Å². The molecule has 5 rings (SSSR count). The topological polar surface area (TPSA) is 103 Å². The summed E-state index contributed by atoms with van der Waals surface area (Å²) < 4.78 is 19.3. The summed E-state index contributed by atoms with van der Waals surface area (Å²) in [5.41, 5.74) is 3.93. The monoisotopic (exact) mass is 510 g/mol. The SMILES string of the molecule is COc1cc2c(cc1C1=NC(C)N=N1)-c1c(c(C(=O)N3CCOCC3(C)C)nn1/C(C)=C/SC)CO2. The second-order valence-electron chi connectivity index (χ2n) is 9.54. The van der Waals surface area contributed by atoms with Crippen LogP contribution >= 0.6 is 11.8 Å². The molecule has 1 aromatic heterocycles. The number of rotatable bonds is 5. The Kier molecular flexibility index (Phi) is 6.37. The number of aliphatic imine (C=N–C) groups is 1. The quantitative estimate of drug-likeness (QED) is 0.589. The van der Waals surface area contributed by atoms with E-state index in [1.54, 1.807) is 18.9 Å². The molecular formula is C25H30N6O4S. The summed E-state index contributed by atoms with van der Waals surface area (Å²) in [4.78, 5) is 20.2. The number of ether oxygens (including phenoxy) is 3. The van der Waals surface area contributed by atoms with Gasteiger partial charge in [0.1, 0.15) is 18.1 Å². The zero-order valence-electron chi connectivity index (χ0n) is 21.4. The number of allylic oxidation sites excluding steroid dienone is 1. The fourth-order valence-electron chi connectivity index (χ4n) is 4.72. The van der Waals surface area contributed by atoms with Crippen LogP contribution in [0.25, 0.3) is 17.0 Å². The fourth-order valence-corrected chi connectivity index (χ4v) is 5.16. The van der Waals surface area contributed by atoms with Gasteiger partial charge in [0.25, 0.3) is 5.91 Å². The van der Waals surface area contributed by atoms with Crippen molar-refractivity contribution in [3.63, 3.8) is 0 Å². The molecular weight excluding hydrogens is 480 g/mol. The van der Waals surface area contributed by atoms with Crippen LogP contribution < -0.4 is 9.47 Å². The van der Waals surface area contributed by atoms with Crippen LogP contribution in [-0.2, 0) is 11.3 Å². The first-order valence-electron chi connectivity index (χ1n) is 11.8. The number of carbonyl (C=O) groups excluding carboxylic acids is 1. The first-order valence-corrected chi connectivity index (χ1v) is 13.1. The summed E-state index contributed by atoms with van der Waals surface area (Å²) in [7, 11) is 1.60. The van der Waals surface area contributed by atoms with E-state index in [9.17, 15) is 4.79 Å². The van der Waals surface area contributed by atoms with Crippen LogP contribution in [0.1, 0.15) is 49.3 Å². The molecule has 0 N–H and O–H groups in total. The molecule has 0 aliphatic carbocycles. The molecule has 2 aromatic rings. The number of nitrogens with zero attached hydrogens (tertiary/aromatic N) is 6. The number of carbonyl (C=O) groups is 1. The van der Waals surface area contributed by atoms with Gasteiger partial charge in [-0.2, -0.15) is 10.2 Å². The highest BCUT2D eigenvalue weighted by atomic mass is 32.2. The van der Waals surface area contributed by atoms with Crippen LogP contribution in [-0.4, -0.2) is 71.3 Å². The van der Waals surface area contributed by atoms with Crippen LogP contribution in [0.4, 0.5) is 0 Å². The van der Waals surface area contributed by atoms with Crippen molar-refractivity contribution in [2.75, 3.05) is 33.1 Å². The molecule has 0 spiro atoms. The lowest BCUT2D eigenvalue weighted by Gasteiger charge is -2.41. The number of amides is 1. The molecule has 10 nitrogen and oxygen atoms in total. The molecule has 1 saturated heterocycles. The van der Waals surface area contributed by atoms with Crippen molar-refractivity contribution < 1.29 is 19.0 Å². The number of benzene rings is 1. The molecule has 1 fully saturated rings. The second kappa shape index (κ2) is 9.36. The third kappa shape index (κ3) is 4.09. The minimum absolute atomic E-state index is 0.126. The molecule has 1 aromatic carbocycles. The number of hydrogen-bond donors (Lipinski definition) is 0. The smallest absolute Gasteiger partial charge is 0.275 e. The predicted molar refractivity (Wildman–Crippen MR) is 139 cm³/mol. The lowest BCUT2D eigenvalue weighted by atomic mass is 9.97. The highest BCUT2D eigenvalue weighted by Gasteiger charge is 2.39. The Hall–Kier alpha value is -3.18. The van der Waals surface area contributed by atoms with Crippen molar-refractivity contribution in [1.82, 2.24) is 14.7 Å². The summed E-state index contributed by atoms with van der Waals surface area (Å²) in [5, 5.41) is 15.2. The Morgan fingerprint density at radius 3 is 2.78 bits per heavy atom. The van der Waals surface area contributed by atoms with E-state index in [-0.39, 0.29) is 18.7 Å². The van der Waals surface area contributed by atoms with Gasteiger partial charge in [0, 0.05) is 29.4 Å². The third-order valence-electron chi connectivity index (χ3n) is 6.50. The van der Waals surface area contributed by atoms with Gasteiger partial charge in [0.05, 0.1) is 37.1 Å². The Morgan fingerprint density at radius 1 is 1.31 bits per heavy atom. The van der Waals surface area contributed by atoms with Gasteiger partial charge in [-0.1, -0.05) is 0 Å². The molecule has 0 radical (unpaired) electrons. The number of fused-ring (bicyclic) bond motifs is 3. The number of thioether (sulfide) groups is 1. The van der Waals surface area contributed by atoms with E-state index in [4.69, 9.17) is 19.3 Å². The minimum atomic E-state index is -0.438. The molecule has 11 heteroatoms. The highest BCUT2D eigenvalue weighted by molar-refractivity contribution is 8.01. The summed E-state index contributed by atoms with van der Waals surface area (Å²) in [5.74, 6) is 1.62. The van der Waals surface area contributed by atoms with Gasteiger partial charge in [-0.15, -0.1) is 16.9 Å². The van der Waals surface area contributed by atoms with E-state index in [2.05, 4.69) is 15.2 Å².